The summed E-state index contributed by atoms with van der Waals surface area (Å²) in [6, 6.07) is 10.5. The lowest BCUT2D eigenvalue weighted by Gasteiger charge is -2.28. The predicted octanol–water partition coefficient (Wildman–Crippen LogP) is 5.52. The Morgan fingerprint density at radius 3 is 2.52 bits per heavy atom. The summed E-state index contributed by atoms with van der Waals surface area (Å²) in [6.07, 6.45) is 13.8. The van der Waals surface area contributed by atoms with Crippen molar-refractivity contribution in [1.29, 1.82) is 0 Å². The van der Waals surface area contributed by atoms with Crippen molar-refractivity contribution in [2.75, 3.05) is 30.4 Å². The molecule has 4 heteroatoms. The van der Waals surface area contributed by atoms with Gasteiger partial charge in [-0.3, -0.25) is 0 Å². The summed E-state index contributed by atoms with van der Waals surface area (Å²) in [7, 11) is 1.98. The van der Waals surface area contributed by atoms with Gasteiger partial charge in [-0.25, -0.2) is 4.98 Å². The van der Waals surface area contributed by atoms with E-state index in [-0.39, 0.29) is 1.43 Å². The van der Waals surface area contributed by atoms with Gasteiger partial charge in [-0.2, -0.15) is 0 Å². The maximum atomic E-state index is 4.59. The molecule has 0 amide bonds. The zero-order chi connectivity index (χ0) is 23.8. The van der Waals surface area contributed by atoms with Crippen LogP contribution < -0.4 is 20.7 Å². The lowest BCUT2D eigenvalue weighted by molar-refractivity contribution is 0.573. The molecule has 3 rings (SSSR count). The van der Waals surface area contributed by atoms with Gasteiger partial charge in [0.2, 0.25) is 0 Å². The van der Waals surface area contributed by atoms with Crippen LogP contribution in [0.1, 0.15) is 40.1 Å². The van der Waals surface area contributed by atoms with Gasteiger partial charge in [0.1, 0.15) is 5.82 Å². The molecule has 2 heterocycles. The molecule has 2 aromatic rings. The van der Waals surface area contributed by atoms with Gasteiger partial charge >= 0.3 is 0 Å². The Bertz CT molecular complexity index is 1170. The van der Waals surface area contributed by atoms with Crippen molar-refractivity contribution in [2.24, 2.45) is 0 Å². The van der Waals surface area contributed by atoms with Gasteiger partial charge in [0.15, 0.2) is 0 Å². The van der Waals surface area contributed by atoms with Gasteiger partial charge in [-0.1, -0.05) is 38.0 Å². The maximum Gasteiger partial charge on any atom is 0.129 e. The Hall–Kier alpha value is -3.53. The van der Waals surface area contributed by atoms with Crippen LogP contribution in [0.15, 0.2) is 79.8 Å². The van der Waals surface area contributed by atoms with E-state index < -0.39 is 0 Å². The number of hydrogen-bond acceptors (Lipinski definition) is 4. The van der Waals surface area contributed by atoms with Crippen molar-refractivity contribution in [3.63, 3.8) is 0 Å². The van der Waals surface area contributed by atoms with Crippen LogP contribution >= 0.6 is 0 Å². The Labute approximate surface area is 200 Å². The number of piperidine rings is 1. The van der Waals surface area contributed by atoms with E-state index in [0.29, 0.717) is 0 Å². The normalized spacial score (nSPS) is 15.1. The lowest BCUT2D eigenvalue weighted by atomic mass is 10.1. The Morgan fingerprint density at radius 2 is 1.82 bits per heavy atom. The van der Waals surface area contributed by atoms with E-state index in [1.54, 1.807) is 0 Å². The van der Waals surface area contributed by atoms with Crippen molar-refractivity contribution in [1.82, 2.24) is 9.88 Å². The van der Waals surface area contributed by atoms with Crippen LogP contribution in [0.25, 0.3) is 17.8 Å². The second kappa shape index (κ2) is 11.4. The Morgan fingerprint density at radius 1 is 1.06 bits per heavy atom. The highest BCUT2D eigenvalue weighted by Gasteiger charge is 2.13. The number of allylic oxidation sites excluding steroid dienone is 2. The topological polar surface area (TPSA) is 31.4 Å². The van der Waals surface area contributed by atoms with Gasteiger partial charge in [0, 0.05) is 50.4 Å². The fourth-order valence-electron chi connectivity index (χ4n) is 4.00. The first kappa shape index (κ1) is 24.1. The Balaban J connectivity index is 0.00000408. The minimum Gasteiger partial charge on any atom is -0.357 e. The third kappa shape index (κ3) is 6.26. The third-order valence-electron chi connectivity index (χ3n) is 5.97. The van der Waals surface area contributed by atoms with E-state index in [9.17, 15) is 0 Å². The highest BCUT2D eigenvalue weighted by molar-refractivity contribution is 5.76. The summed E-state index contributed by atoms with van der Waals surface area (Å²) >= 11 is 0. The summed E-state index contributed by atoms with van der Waals surface area (Å²) in [5.41, 5.74) is 4.61. The summed E-state index contributed by atoms with van der Waals surface area (Å²) in [5.74, 6) is 1.03. The van der Waals surface area contributed by atoms with Gasteiger partial charge in [-0.05, 0) is 85.7 Å². The van der Waals surface area contributed by atoms with Crippen molar-refractivity contribution in [2.45, 2.75) is 33.1 Å². The average molecular weight is 443 g/mol. The number of hydrogen-bond donors (Lipinski definition) is 1. The molecule has 0 aliphatic carbocycles. The summed E-state index contributed by atoms with van der Waals surface area (Å²) in [5, 5.41) is 5.70. The van der Waals surface area contributed by atoms with E-state index >= 15 is 0 Å². The number of likely N-dealkylation sites (N-methyl/N-ethyl adjacent to an activating group) is 1. The maximum absolute atomic E-state index is 4.59. The number of nitrogens with zero attached hydrogens (tertiary/aromatic N) is 3. The van der Waals surface area contributed by atoms with Gasteiger partial charge in [-0.15, -0.1) is 0 Å². The summed E-state index contributed by atoms with van der Waals surface area (Å²) in [4.78, 5) is 8.92. The first-order valence-electron chi connectivity index (χ1n) is 11.6. The van der Waals surface area contributed by atoms with Gasteiger partial charge < -0.3 is 15.1 Å². The zero-order valence-electron chi connectivity index (χ0n) is 20.3. The predicted molar refractivity (Wildman–Crippen MR) is 146 cm³/mol. The highest BCUT2D eigenvalue weighted by Crippen LogP contribution is 2.22. The van der Waals surface area contributed by atoms with E-state index in [1.807, 2.05) is 50.3 Å². The Kier molecular flexibility index (Phi) is 8.31. The molecule has 1 fully saturated rings. The molecule has 174 valence electrons. The SMILES string of the molecule is C=C(/C=c1/cc(NC(=C)c2ccnc(N3CCCCC3)c2)cc/c1=C/C)C(=C)N(C)C=CC.[HH]. The van der Waals surface area contributed by atoms with Crippen LogP contribution in [0.3, 0.4) is 0 Å². The fraction of sp³-hybridized carbons (Fsp3) is 0.276. The molecule has 1 aliphatic rings. The molecular weight excluding hydrogens is 404 g/mol. The van der Waals surface area contributed by atoms with Crippen molar-refractivity contribution in [3.8, 4) is 0 Å². The van der Waals surface area contributed by atoms with E-state index in [4.69, 9.17) is 0 Å². The van der Waals surface area contributed by atoms with Crippen molar-refractivity contribution >= 4 is 29.4 Å². The minimum absolute atomic E-state index is 0. The minimum atomic E-state index is 0. The molecule has 1 N–H and O–H groups in total. The molecule has 1 aromatic heterocycles. The monoisotopic (exact) mass is 442 g/mol. The fourth-order valence-corrected chi connectivity index (χ4v) is 4.00. The molecule has 1 saturated heterocycles. The molecule has 0 spiro atoms. The molecule has 1 aliphatic heterocycles. The smallest absolute Gasteiger partial charge is 0.129 e. The van der Waals surface area contributed by atoms with Crippen molar-refractivity contribution < 1.29 is 1.43 Å². The number of rotatable bonds is 8. The molecular formula is C29H38N4. The lowest BCUT2D eigenvalue weighted by Crippen LogP contribution is -2.30. The van der Waals surface area contributed by atoms with Gasteiger partial charge in [0.05, 0.1) is 0 Å². The molecule has 0 atom stereocenters. The summed E-state index contributed by atoms with van der Waals surface area (Å²) in [6.45, 7) is 18.9. The zero-order valence-corrected chi connectivity index (χ0v) is 20.3. The highest BCUT2D eigenvalue weighted by atomic mass is 15.2. The quantitative estimate of drug-likeness (QED) is 0.546. The van der Waals surface area contributed by atoms with Crippen LogP contribution in [-0.2, 0) is 0 Å². The number of pyridine rings is 1. The van der Waals surface area contributed by atoms with E-state index in [1.165, 1.54) is 19.3 Å². The molecule has 0 bridgehead atoms. The second-order valence-electron chi connectivity index (χ2n) is 8.40. The molecule has 0 unspecified atom stereocenters. The van der Waals surface area contributed by atoms with E-state index in [0.717, 1.165) is 57.6 Å². The van der Waals surface area contributed by atoms with Crippen LogP contribution in [0, 0.1) is 0 Å². The van der Waals surface area contributed by atoms with Crippen molar-refractivity contribution in [3.05, 3.63) is 95.8 Å². The first-order chi connectivity index (χ1) is 15.9. The number of benzene rings is 1. The summed E-state index contributed by atoms with van der Waals surface area (Å²) < 4.78 is 0. The number of anilines is 2. The molecule has 0 saturated carbocycles. The van der Waals surface area contributed by atoms with E-state index in [2.05, 4.69) is 71.4 Å². The molecule has 4 nitrogen and oxygen atoms in total. The number of aromatic nitrogens is 1. The van der Waals surface area contributed by atoms with Crippen LogP contribution in [0.2, 0.25) is 0 Å². The molecule has 0 radical (unpaired) electrons. The third-order valence-corrected chi connectivity index (χ3v) is 5.97. The molecule has 1 aromatic carbocycles. The first-order valence-corrected chi connectivity index (χ1v) is 11.6. The van der Waals surface area contributed by atoms with Crippen LogP contribution in [0.5, 0.6) is 0 Å². The number of nitrogens with one attached hydrogen (secondary N) is 1. The second-order valence-corrected chi connectivity index (χ2v) is 8.40. The average Bonchev–Trinajstić information content (AvgIpc) is 2.84. The van der Waals surface area contributed by atoms with Gasteiger partial charge in [0.25, 0.3) is 0 Å². The van der Waals surface area contributed by atoms with Crippen LogP contribution in [-0.4, -0.2) is 30.0 Å². The van der Waals surface area contributed by atoms with Crippen LogP contribution in [0.4, 0.5) is 11.5 Å². The molecule has 33 heavy (non-hydrogen) atoms. The largest absolute Gasteiger partial charge is 0.357 e. The standard InChI is InChI=1S/C29H36N4.H2/c1-7-16-32(6)24(5)22(3)19-27-20-28(13-12-25(27)8-2)31-23(4)26-14-15-30-29(21-26)33-17-10-9-11-18-33;/h7-8,12-16,19-21,31H,3-5,9-11,17-18H2,1-2,6H3;1H/b16-7?,25-8-,27-19-;.